The molecule has 4 rings (SSSR count). The van der Waals surface area contributed by atoms with Crippen molar-refractivity contribution in [3.8, 4) is 0 Å². The Morgan fingerprint density at radius 1 is 0.479 bits per heavy atom. The molecule has 2 fully saturated rings. The van der Waals surface area contributed by atoms with Crippen LogP contribution in [0.25, 0.3) is 0 Å². The predicted octanol–water partition coefficient (Wildman–Crippen LogP) is 17.0. The Balaban J connectivity index is 0.000000420. The van der Waals surface area contributed by atoms with E-state index in [4.69, 9.17) is 14.6 Å². The zero-order chi connectivity index (χ0) is 52.8. The zero-order valence-electron chi connectivity index (χ0n) is 44.1. The van der Waals surface area contributed by atoms with Gasteiger partial charge in [-0.25, -0.2) is 14.5 Å². The molecule has 0 saturated carbocycles. The Labute approximate surface area is 438 Å². The zero-order valence-corrected chi connectivity index (χ0v) is 44.1. The van der Waals surface area contributed by atoms with Gasteiger partial charge in [-0.15, -0.1) is 0 Å². The Hall–Kier alpha value is -7.00. The van der Waals surface area contributed by atoms with Gasteiger partial charge in [-0.3, -0.25) is 9.59 Å². The molecule has 9 heteroatoms. The second kappa shape index (κ2) is 42.7. The summed E-state index contributed by atoms with van der Waals surface area (Å²) in [5.41, 5.74) is 1.94. The monoisotopic (exact) mass is 993 g/mol. The molecule has 0 aliphatic carbocycles. The van der Waals surface area contributed by atoms with E-state index in [2.05, 4.69) is 147 Å². The lowest BCUT2D eigenvalue weighted by Gasteiger charge is -2.19. The first-order valence-corrected chi connectivity index (χ1v) is 26.3. The van der Waals surface area contributed by atoms with Crippen LogP contribution in [0.2, 0.25) is 0 Å². The average Bonchev–Trinajstić information content (AvgIpc) is 3.90. The fourth-order valence-electron chi connectivity index (χ4n) is 7.21. The van der Waals surface area contributed by atoms with Gasteiger partial charge in [0, 0.05) is 12.8 Å². The summed E-state index contributed by atoms with van der Waals surface area (Å²) >= 11 is 0. The van der Waals surface area contributed by atoms with Crippen molar-refractivity contribution in [3.63, 3.8) is 0 Å². The van der Waals surface area contributed by atoms with Gasteiger partial charge in [0.1, 0.15) is 12.2 Å². The lowest BCUT2D eigenvalue weighted by atomic mass is 10.0. The SMILES string of the molecule is CC/C=C\C/C=C\C/C=C\C/C=C\C/C=C\C/C=C\CCC(=O)N1C(=O)O[C@@H](c2ccccc2)[C@H]1C.CC/C=C\C/C=C\C/C=C\C/C=C\C/C=C\C/C=C\CCC(=O)O.C[C@H]1NC(=O)O[C@H]1c1ccccc1. The number of imide groups is 1. The van der Waals surface area contributed by atoms with Crippen molar-refractivity contribution in [2.24, 2.45) is 0 Å². The summed E-state index contributed by atoms with van der Waals surface area (Å²) < 4.78 is 10.6. The first-order valence-electron chi connectivity index (χ1n) is 26.3. The summed E-state index contributed by atoms with van der Waals surface area (Å²) in [6.07, 6.45) is 63.6. The molecule has 4 atom stereocenters. The number of carboxylic acids is 1. The summed E-state index contributed by atoms with van der Waals surface area (Å²) in [6.45, 7) is 8.09. The molecule has 0 bridgehead atoms. The van der Waals surface area contributed by atoms with Crippen LogP contribution in [-0.4, -0.2) is 46.2 Å². The van der Waals surface area contributed by atoms with Crippen LogP contribution in [0, 0.1) is 0 Å². The van der Waals surface area contributed by atoms with Gasteiger partial charge in [-0.2, -0.15) is 0 Å². The summed E-state index contributed by atoms with van der Waals surface area (Å²) in [6, 6.07) is 19.0. The van der Waals surface area contributed by atoms with E-state index < -0.39 is 18.2 Å². The normalized spacial score (nSPS) is 18.3. The number of aliphatic carboxylic acids is 1. The minimum absolute atomic E-state index is 0.0508. The van der Waals surface area contributed by atoms with Crippen LogP contribution in [0.1, 0.15) is 154 Å². The Bertz CT molecular complexity index is 2190. The second-order valence-electron chi connectivity index (χ2n) is 17.2. The van der Waals surface area contributed by atoms with Crippen LogP contribution in [-0.2, 0) is 19.1 Å². The number of benzene rings is 2. The van der Waals surface area contributed by atoms with Gasteiger partial charge < -0.3 is 19.9 Å². The molecule has 2 aromatic carbocycles. The Morgan fingerprint density at radius 2 is 0.808 bits per heavy atom. The number of carbonyl (C=O) groups is 4. The fraction of sp³-hybridized carbons (Fsp3) is 0.375. The van der Waals surface area contributed by atoms with Crippen molar-refractivity contribution in [1.29, 1.82) is 0 Å². The maximum atomic E-state index is 12.6. The number of carboxylic acid groups (broad SMARTS) is 1. The van der Waals surface area contributed by atoms with E-state index in [1.807, 2.05) is 92.7 Å². The summed E-state index contributed by atoms with van der Waals surface area (Å²) in [4.78, 5) is 47.3. The summed E-state index contributed by atoms with van der Waals surface area (Å²) in [5.74, 6) is -0.931. The predicted molar refractivity (Wildman–Crippen MR) is 303 cm³/mol. The van der Waals surface area contributed by atoms with Crippen LogP contribution < -0.4 is 5.32 Å². The van der Waals surface area contributed by atoms with Gasteiger partial charge >= 0.3 is 18.2 Å². The largest absolute Gasteiger partial charge is 0.481 e. The van der Waals surface area contributed by atoms with Gasteiger partial charge in [0.2, 0.25) is 5.91 Å². The third-order valence-electron chi connectivity index (χ3n) is 11.1. The van der Waals surface area contributed by atoms with Crippen molar-refractivity contribution in [3.05, 3.63) is 218 Å². The molecule has 2 heterocycles. The number of amides is 3. The molecular formula is C64H84N2O7. The molecule has 0 radical (unpaired) electrons. The number of alkyl carbamates (subject to hydrolysis) is 1. The van der Waals surface area contributed by atoms with Gasteiger partial charge in [-0.05, 0) is 115 Å². The molecule has 73 heavy (non-hydrogen) atoms. The van der Waals surface area contributed by atoms with Crippen molar-refractivity contribution in [2.45, 2.75) is 155 Å². The van der Waals surface area contributed by atoms with Crippen molar-refractivity contribution in [1.82, 2.24) is 10.2 Å². The van der Waals surface area contributed by atoms with E-state index in [0.717, 1.165) is 88.2 Å². The lowest BCUT2D eigenvalue weighted by molar-refractivity contribution is -0.137. The molecule has 2 saturated heterocycles. The smallest absolute Gasteiger partial charge is 0.417 e. The average molecular weight is 993 g/mol. The molecule has 392 valence electrons. The lowest BCUT2D eigenvalue weighted by Crippen LogP contribution is -2.37. The minimum atomic E-state index is -0.741. The van der Waals surface area contributed by atoms with E-state index >= 15 is 0 Å². The molecule has 0 spiro atoms. The topological polar surface area (TPSA) is 122 Å². The fourth-order valence-corrected chi connectivity index (χ4v) is 7.21. The third-order valence-corrected chi connectivity index (χ3v) is 11.1. The Kier molecular flexibility index (Phi) is 36.3. The molecular weight excluding hydrogens is 909 g/mol. The van der Waals surface area contributed by atoms with Crippen molar-refractivity contribution >= 4 is 24.1 Å². The molecule has 2 aliphatic heterocycles. The van der Waals surface area contributed by atoms with Gasteiger partial charge in [0.05, 0.1) is 12.1 Å². The van der Waals surface area contributed by atoms with Gasteiger partial charge in [0.15, 0.2) is 0 Å². The number of nitrogens with zero attached hydrogens (tertiary/aromatic N) is 1. The standard InChI is InChI=1S/C32H41NO3.C22H32O2.C10H11NO2/c1-3-4-5-6-7-8-9-10-11-12-13-14-15-16-17-18-19-20-24-27-30(34)33-28(2)31(36-32(33)35)29-25-22-21-23-26-29;1-2-3-4-5-6-7-8-9-10-11-12-13-14-15-16-17-18-19-20-21-22(23)24;1-7-9(13-10(12)11-7)8-5-3-2-4-6-8/h4-5,7-8,10-11,13-14,16-17,19-23,25-26,28,31H,3,6,9,12,15,18,24,27H2,1-2H3;3-4,6-7,9-10,12-13,15-16,18-19H,2,5,8,11,14,17,20-21H2,1H3,(H,23,24);2-7,9H,1H3,(H,11,12)/b5-4-,8-7-,11-10-,14-13-,17-16-,20-19-;4-3-,7-6-,10-9-,13-12-,16-15-,19-18-;/t28-,31-;;7-,9-/m1.1/s1. The minimum Gasteiger partial charge on any atom is -0.481 e. The first-order chi connectivity index (χ1) is 35.7. The number of hydrogen-bond donors (Lipinski definition) is 2. The number of carbonyl (C=O) groups excluding carboxylic acids is 3. The molecule has 3 amide bonds. The Morgan fingerprint density at radius 3 is 1.14 bits per heavy atom. The quantitative estimate of drug-likeness (QED) is 0.0748. The van der Waals surface area contributed by atoms with Crippen molar-refractivity contribution < 1.29 is 33.8 Å². The van der Waals surface area contributed by atoms with E-state index in [-0.39, 0.29) is 36.6 Å². The first kappa shape index (κ1) is 62.1. The molecule has 0 aromatic heterocycles. The number of rotatable bonds is 30. The number of cyclic esters (lactones) is 2. The van der Waals surface area contributed by atoms with Crippen LogP contribution in [0.5, 0.6) is 0 Å². The highest BCUT2D eigenvalue weighted by atomic mass is 16.6. The van der Waals surface area contributed by atoms with E-state index in [0.29, 0.717) is 19.3 Å². The summed E-state index contributed by atoms with van der Waals surface area (Å²) in [5, 5.41) is 11.2. The summed E-state index contributed by atoms with van der Waals surface area (Å²) in [7, 11) is 0. The van der Waals surface area contributed by atoms with E-state index in [1.165, 1.54) is 4.90 Å². The highest BCUT2D eigenvalue weighted by Crippen LogP contribution is 2.33. The molecule has 2 N–H and O–H groups in total. The highest BCUT2D eigenvalue weighted by molar-refractivity contribution is 5.93. The van der Waals surface area contributed by atoms with Crippen LogP contribution in [0.4, 0.5) is 9.59 Å². The number of hydrogen-bond acceptors (Lipinski definition) is 6. The maximum absolute atomic E-state index is 12.6. The molecule has 2 aliphatic rings. The molecule has 2 aromatic rings. The van der Waals surface area contributed by atoms with Crippen molar-refractivity contribution in [2.75, 3.05) is 0 Å². The number of ether oxygens (including phenoxy) is 2. The highest BCUT2D eigenvalue weighted by Gasteiger charge is 2.42. The maximum Gasteiger partial charge on any atom is 0.417 e. The second-order valence-corrected chi connectivity index (χ2v) is 17.2. The van der Waals surface area contributed by atoms with Crippen LogP contribution >= 0.6 is 0 Å². The van der Waals surface area contributed by atoms with E-state index in [1.54, 1.807) is 0 Å². The molecule has 9 nitrogen and oxygen atoms in total. The van der Waals surface area contributed by atoms with Gasteiger partial charge in [-0.1, -0.05) is 220 Å². The third kappa shape index (κ3) is 31.2. The van der Waals surface area contributed by atoms with E-state index in [9.17, 15) is 19.2 Å². The van der Waals surface area contributed by atoms with Crippen LogP contribution in [0.3, 0.4) is 0 Å². The molecule has 0 unspecified atom stereocenters. The van der Waals surface area contributed by atoms with Crippen LogP contribution in [0.15, 0.2) is 206 Å². The number of nitrogens with one attached hydrogen (secondary N) is 1. The van der Waals surface area contributed by atoms with Gasteiger partial charge in [0.25, 0.3) is 0 Å². The number of allylic oxidation sites excluding steroid dienone is 24.